The van der Waals surface area contributed by atoms with E-state index in [1.54, 1.807) is 6.26 Å². The molecule has 0 aliphatic rings. The molecule has 0 aliphatic carbocycles. The summed E-state index contributed by atoms with van der Waals surface area (Å²) in [5, 5.41) is 3.28. The SMILES string of the molecule is Cc1ccc(C(N)CNCc2ccco2)cc1. The second-order valence-electron chi connectivity index (χ2n) is 4.23. The lowest BCUT2D eigenvalue weighted by molar-refractivity contribution is 0.474. The molecule has 1 unspecified atom stereocenters. The van der Waals surface area contributed by atoms with Gasteiger partial charge >= 0.3 is 0 Å². The molecule has 0 radical (unpaired) electrons. The molecule has 17 heavy (non-hydrogen) atoms. The highest BCUT2D eigenvalue weighted by Crippen LogP contribution is 2.10. The fourth-order valence-corrected chi connectivity index (χ4v) is 1.70. The van der Waals surface area contributed by atoms with Gasteiger partial charge in [-0.15, -0.1) is 0 Å². The highest BCUT2D eigenvalue weighted by molar-refractivity contribution is 5.24. The summed E-state index contributed by atoms with van der Waals surface area (Å²) in [5.74, 6) is 0.932. The number of hydrogen-bond donors (Lipinski definition) is 2. The van der Waals surface area contributed by atoms with E-state index in [4.69, 9.17) is 10.2 Å². The van der Waals surface area contributed by atoms with Gasteiger partial charge in [-0.25, -0.2) is 0 Å². The Morgan fingerprint density at radius 3 is 2.65 bits per heavy atom. The summed E-state index contributed by atoms with van der Waals surface area (Å²) in [4.78, 5) is 0. The minimum Gasteiger partial charge on any atom is -0.468 e. The topological polar surface area (TPSA) is 51.2 Å². The van der Waals surface area contributed by atoms with Crippen molar-refractivity contribution >= 4 is 0 Å². The summed E-state index contributed by atoms with van der Waals surface area (Å²) < 4.78 is 5.23. The Kier molecular flexibility index (Phi) is 3.96. The monoisotopic (exact) mass is 230 g/mol. The van der Waals surface area contributed by atoms with Gasteiger partial charge in [0.05, 0.1) is 12.8 Å². The van der Waals surface area contributed by atoms with E-state index in [2.05, 4.69) is 36.5 Å². The minimum absolute atomic E-state index is 0.0190. The van der Waals surface area contributed by atoms with Crippen molar-refractivity contribution in [2.75, 3.05) is 6.54 Å². The molecule has 3 nitrogen and oxygen atoms in total. The Morgan fingerprint density at radius 1 is 1.24 bits per heavy atom. The number of rotatable bonds is 5. The van der Waals surface area contributed by atoms with Crippen LogP contribution in [0.25, 0.3) is 0 Å². The van der Waals surface area contributed by atoms with E-state index in [0.29, 0.717) is 6.54 Å². The van der Waals surface area contributed by atoms with Crippen molar-refractivity contribution in [3.05, 3.63) is 59.5 Å². The lowest BCUT2D eigenvalue weighted by atomic mass is 10.1. The molecule has 3 N–H and O–H groups in total. The van der Waals surface area contributed by atoms with E-state index in [1.807, 2.05) is 12.1 Å². The average molecular weight is 230 g/mol. The molecule has 0 saturated heterocycles. The average Bonchev–Trinajstić information content (AvgIpc) is 2.83. The molecule has 3 heteroatoms. The van der Waals surface area contributed by atoms with Gasteiger partial charge in [0.2, 0.25) is 0 Å². The van der Waals surface area contributed by atoms with Gasteiger partial charge in [-0.1, -0.05) is 29.8 Å². The Morgan fingerprint density at radius 2 is 2.00 bits per heavy atom. The quantitative estimate of drug-likeness (QED) is 0.829. The second-order valence-corrected chi connectivity index (χ2v) is 4.23. The Balaban J connectivity index is 1.81. The summed E-state index contributed by atoms with van der Waals surface area (Å²) in [5.41, 5.74) is 8.50. The van der Waals surface area contributed by atoms with Crippen molar-refractivity contribution in [2.45, 2.75) is 19.5 Å². The fraction of sp³-hybridized carbons (Fsp3) is 0.286. The molecule has 1 aromatic carbocycles. The molecular weight excluding hydrogens is 212 g/mol. The van der Waals surface area contributed by atoms with Gasteiger partial charge < -0.3 is 15.5 Å². The third-order valence-corrected chi connectivity index (χ3v) is 2.75. The third kappa shape index (κ3) is 3.44. The highest BCUT2D eigenvalue weighted by Gasteiger charge is 2.05. The highest BCUT2D eigenvalue weighted by atomic mass is 16.3. The number of nitrogens with one attached hydrogen (secondary N) is 1. The lowest BCUT2D eigenvalue weighted by Gasteiger charge is -2.12. The summed E-state index contributed by atoms with van der Waals surface area (Å²) in [6.07, 6.45) is 1.68. The van der Waals surface area contributed by atoms with Crippen molar-refractivity contribution in [1.29, 1.82) is 0 Å². The van der Waals surface area contributed by atoms with Crippen LogP contribution in [0.4, 0.5) is 0 Å². The molecule has 0 bridgehead atoms. The second kappa shape index (κ2) is 5.66. The Bertz CT molecular complexity index is 434. The van der Waals surface area contributed by atoms with Crippen LogP contribution in [0, 0.1) is 6.92 Å². The van der Waals surface area contributed by atoms with Crippen molar-refractivity contribution in [1.82, 2.24) is 5.32 Å². The summed E-state index contributed by atoms with van der Waals surface area (Å²) in [7, 11) is 0. The smallest absolute Gasteiger partial charge is 0.117 e. The first-order valence-electron chi connectivity index (χ1n) is 5.81. The molecule has 2 rings (SSSR count). The molecule has 2 aromatic rings. The molecule has 1 heterocycles. The van der Waals surface area contributed by atoms with E-state index < -0.39 is 0 Å². The van der Waals surface area contributed by atoms with Gasteiger partial charge in [-0.2, -0.15) is 0 Å². The summed E-state index contributed by atoms with van der Waals surface area (Å²) in [6.45, 7) is 3.53. The van der Waals surface area contributed by atoms with E-state index in [1.165, 1.54) is 5.56 Å². The van der Waals surface area contributed by atoms with Crippen LogP contribution >= 0.6 is 0 Å². The maximum Gasteiger partial charge on any atom is 0.117 e. The van der Waals surface area contributed by atoms with Crippen molar-refractivity contribution < 1.29 is 4.42 Å². The molecule has 90 valence electrons. The van der Waals surface area contributed by atoms with Crippen molar-refractivity contribution in [3.63, 3.8) is 0 Å². The van der Waals surface area contributed by atoms with Crippen LogP contribution in [0.5, 0.6) is 0 Å². The van der Waals surface area contributed by atoms with Crippen molar-refractivity contribution in [2.24, 2.45) is 5.73 Å². The van der Waals surface area contributed by atoms with Gasteiger partial charge in [-0.05, 0) is 24.6 Å². The van der Waals surface area contributed by atoms with Gasteiger partial charge in [0.1, 0.15) is 5.76 Å². The summed E-state index contributed by atoms with van der Waals surface area (Å²) in [6, 6.07) is 12.2. The molecular formula is C14H18N2O. The largest absolute Gasteiger partial charge is 0.468 e. The van der Waals surface area contributed by atoms with E-state index >= 15 is 0 Å². The first-order valence-corrected chi connectivity index (χ1v) is 5.81. The molecule has 0 saturated carbocycles. The van der Waals surface area contributed by atoms with E-state index in [9.17, 15) is 0 Å². The fourth-order valence-electron chi connectivity index (χ4n) is 1.70. The molecule has 1 atom stereocenters. The van der Waals surface area contributed by atoms with Crippen LogP contribution in [0.3, 0.4) is 0 Å². The van der Waals surface area contributed by atoms with Crippen LogP contribution < -0.4 is 11.1 Å². The molecule has 0 spiro atoms. The standard InChI is InChI=1S/C14H18N2O/c1-11-4-6-12(7-5-11)14(15)10-16-9-13-3-2-8-17-13/h2-8,14,16H,9-10,15H2,1H3. The number of benzene rings is 1. The third-order valence-electron chi connectivity index (χ3n) is 2.75. The van der Waals surface area contributed by atoms with Crippen LogP contribution in [0.1, 0.15) is 22.9 Å². The number of hydrogen-bond acceptors (Lipinski definition) is 3. The molecule has 0 aliphatic heterocycles. The zero-order valence-corrected chi connectivity index (χ0v) is 10.0. The zero-order chi connectivity index (χ0) is 12.1. The van der Waals surface area contributed by atoms with Gasteiger partial charge in [0.25, 0.3) is 0 Å². The first kappa shape index (κ1) is 11.9. The van der Waals surface area contributed by atoms with Crippen molar-refractivity contribution in [3.8, 4) is 0 Å². The number of aryl methyl sites for hydroxylation is 1. The van der Waals surface area contributed by atoms with Crippen LogP contribution in [-0.4, -0.2) is 6.54 Å². The first-order chi connectivity index (χ1) is 8.25. The normalized spacial score (nSPS) is 12.6. The molecule has 1 aromatic heterocycles. The van der Waals surface area contributed by atoms with Gasteiger partial charge in [-0.3, -0.25) is 0 Å². The molecule has 0 fully saturated rings. The van der Waals surface area contributed by atoms with E-state index in [0.717, 1.165) is 17.9 Å². The lowest BCUT2D eigenvalue weighted by Crippen LogP contribution is -2.26. The van der Waals surface area contributed by atoms with Gasteiger partial charge in [0, 0.05) is 12.6 Å². The predicted molar refractivity (Wildman–Crippen MR) is 68.5 cm³/mol. The zero-order valence-electron chi connectivity index (χ0n) is 10.0. The van der Waals surface area contributed by atoms with Crippen LogP contribution in [0.15, 0.2) is 47.1 Å². The van der Waals surface area contributed by atoms with Crippen LogP contribution in [0.2, 0.25) is 0 Å². The predicted octanol–water partition coefficient (Wildman–Crippen LogP) is 2.38. The Hall–Kier alpha value is -1.58. The molecule has 0 amide bonds. The number of furan rings is 1. The summed E-state index contributed by atoms with van der Waals surface area (Å²) >= 11 is 0. The Labute approximate surface area is 102 Å². The maximum absolute atomic E-state index is 6.09. The van der Waals surface area contributed by atoms with Crippen LogP contribution in [-0.2, 0) is 6.54 Å². The van der Waals surface area contributed by atoms with E-state index in [-0.39, 0.29) is 6.04 Å². The maximum atomic E-state index is 6.09. The number of nitrogens with two attached hydrogens (primary N) is 1. The minimum atomic E-state index is 0.0190. The van der Waals surface area contributed by atoms with Gasteiger partial charge in [0.15, 0.2) is 0 Å².